The summed E-state index contributed by atoms with van der Waals surface area (Å²) < 4.78 is 9.94. The van der Waals surface area contributed by atoms with Crippen molar-refractivity contribution in [1.82, 2.24) is 10.2 Å². The monoisotopic (exact) mass is 244 g/mol. The Morgan fingerprint density at radius 3 is 2.47 bits per heavy atom. The predicted molar refractivity (Wildman–Crippen MR) is 61.4 cm³/mol. The standard InChI is InChI=1S/C11H20N2O4/c1-11(2,3)17-10(15)13-6-5-8(13)9(14)12-7-16-4/h8H,5-7H2,1-4H3,(H,12,14)/t8-/m0/s1. The van der Waals surface area contributed by atoms with Crippen LogP contribution in [0.15, 0.2) is 0 Å². The van der Waals surface area contributed by atoms with Gasteiger partial charge in [-0.15, -0.1) is 0 Å². The summed E-state index contributed by atoms with van der Waals surface area (Å²) >= 11 is 0. The molecule has 1 atom stereocenters. The lowest BCUT2D eigenvalue weighted by atomic mass is 10.0. The molecule has 0 aromatic rings. The van der Waals surface area contributed by atoms with Gasteiger partial charge in [-0.25, -0.2) is 4.79 Å². The Morgan fingerprint density at radius 1 is 1.41 bits per heavy atom. The molecule has 0 bridgehead atoms. The van der Waals surface area contributed by atoms with Gasteiger partial charge in [-0.3, -0.25) is 9.69 Å². The SMILES string of the molecule is COCNC(=O)[C@@H]1CCN1C(=O)OC(C)(C)C. The van der Waals surface area contributed by atoms with Gasteiger partial charge in [0.15, 0.2) is 0 Å². The minimum atomic E-state index is -0.541. The molecule has 17 heavy (non-hydrogen) atoms. The van der Waals surface area contributed by atoms with E-state index >= 15 is 0 Å². The van der Waals surface area contributed by atoms with Crippen molar-refractivity contribution in [2.24, 2.45) is 0 Å². The summed E-state index contributed by atoms with van der Waals surface area (Å²) in [4.78, 5) is 24.8. The van der Waals surface area contributed by atoms with Crippen LogP contribution in [0.4, 0.5) is 4.79 Å². The van der Waals surface area contributed by atoms with Crippen molar-refractivity contribution >= 4 is 12.0 Å². The molecule has 1 rings (SSSR count). The van der Waals surface area contributed by atoms with Crippen LogP contribution in [0.3, 0.4) is 0 Å². The highest BCUT2D eigenvalue weighted by Crippen LogP contribution is 2.21. The highest BCUT2D eigenvalue weighted by molar-refractivity contribution is 5.87. The second kappa shape index (κ2) is 5.35. The van der Waals surface area contributed by atoms with Crippen LogP contribution in [0.5, 0.6) is 0 Å². The van der Waals surface area contributed by atoms with Gasteiger partial charge in [0.1, 0.15) is 18.4 Å². The van der Waals surface area contributed by atoms with Gasteiger partial charge in [0.25, 0.3) is 0 Å². The zero-order valence-electron chi connectivity index (χ0n) is 10.8. The third kappa shape index (κ3) is 3.89. The molecule has 1 aliphatic heterocycles. The first-order chi connectivity index (χ1) is 7.85. The second-order valence-electron chi connectivity index (χ2n) is 4.95. The Labute approximate surface area is 101 Å². The molecular weight excluding hydrogens is 224 g/mol. The molecule has 1 fully saturated rings. The van der Waals surface area contributed by atoms with Gasteiger partial charge < -0.3 is 14.8 Å². The van der Waals surface area contributed by atoms with Crippen molar-refractivity contribution in [2.45, 2.75) is 38.8 Å². The molecule has 0 aromatic heterocycles. The molecule has 98 valence electrons. The van der Waals surface area contributed by atoms with Gasteiger partial charge in [-0.1, -0.05) is 0 Å². The maximum Gasteiger partial charge on any atom is 0.410 e. The largest absolute Gasteiger partial charge is 0.444 e. The number of rotatable bonds is 3. The molecule has 1 saturated heterocycles. The highest BCUT2D eigenvalue weighted by Gasteiger charge is 2.39. The van der Waals surface area contributed by atoms with E-state index in [0.29, 0.717) is 13.0 Å². The van der Waals surface area contributed by atoms with Crippen molar-refractivity contribution in [2.75, 3.05) is 20.4 Å². The van der Waals surface area contributed by atoms with Crippen LogP contribution in [0.25, 0.3) is 0 Å². The van der Waals surface area contributed by atoms with Gasteiger partial charge in [-0.05, 0) is 27.2 Å². The molecule has 0 unspecified atom stereocenters. The Hall–Kier alpha value is -1.30. The van der Waals surface area contributed by atoms with E-state index in [-0.39, 0.29) is 12.6 Å². The molecule has 1 heterocycles. The van der Waals surface area contributed by atoms with Crippen LogP contribution in [0.1, 0.15) is 27.2 Å². The number of nitrogens with one attached hydrogen (secondary N) is 1. The number of methoxy groups -OCH3 is 1. The lowest BCUT2D eigenvalue weighted by molar-refractivity contribution is -0.132. The average molecular weight is 244 g/mol. The minimum absolute atomic E-state index is 0.150. The van der Waals surface area contributed by atoms with Crippen LogP contribution >= 0.6 is 0 Å². The van der Waals surface area contributed by atoms with Crippen molar-refractivity contribution in [3.05, 3.63) is 0 Å². The summed E-state index contributed by atoms with van der Waals surface area (Å²) in [7, 11) is 1.49. The van der Waals surface area contributed by atoms with Crippen LogP contribution < -0.4 is 5.32 Å². The fourth-order valence-corrected chi connectivity index (χ4v) is 1.46. The maximum atomic E-state index is 11.7. The first-order valence-corrected chi connectivity index (χ1v) is 5.61. The zero-order chi connectivity index (χ0) is 13.1. The van der Waals surface area contributed by atoms with Gasteiger partial charge >= 0.3 is 6.09 Å². The van der Waals surface area contributed by atoms with E-state index in [4.69, 9.17) is 9.47 Å². The molecule has 0 radical (unpaired) electrons. The van der Waals surface area contributed by atoms with E-state index in [1.807, 2.05) is 0 Å². The van der Waals surface area contributed by atoms with E-state index < -0.39 is 17.7 Å². The molecule has 0 spiro atoms. The predicted octanol–water partition coefficient (Wildman–Crippen LogP) is 0.716. The molecule has 2 amide bonds. The minimum Gasteiger partial charge on any atom is -0.444 e. The number of likely N-dealkylation sites (tertiary alicyclic amines) is 1. The number of hydrogen-bond donors (Lipinski definition) is 1. The zero-order valence-corrected chi connectivity index (χ0v) is 10.8. The first kappa shape index (κ1) is 13.8. The van der Waals surface area contributed by atoms with Crippen molar-refractivity contribution < 1.29 is 19.1 Å². The summed E-state index contributed by atoms with van der Waals surface area (Å²) in [5.41, 5.74) is -0.541. The fraction of sp³-hybridized carbons (Fsp3) is 0.818. The lowest BCUT2D eigenvalue weighted by Crippen LogP contribution is -2.59. The Kier molecular flexibility index (Phi) is 4.34. The summed E-state index contributed by atoms with van der Waals surface area (Å²) in [6.45, 7) is 6.09. The summed E-state index contributed by atoms with van der Waals surface area (Å²) in [6, 6.07) is -0.431. The van der Waals surface area contributed by atoms with Crippen LogP contribution in [0.2, 0.25) is 0 Å². The number of hydrogen-bond acceptors (Lipinski definition) is 4. The maximum absolute atomic E-state index is 11.7. The van der Waals surface area contributed by atoms with Gasteiger partial charge in [0.05, 0.1) is 0 Å². The van der Waals surface area contributed by atoms with E-state index in [1.165, 1.54) is 12.0 Å². The smallest absolute Gasteiger partial charge is 0.410 e. The second-order valence-corrected chi connectivity index (χ2v) is 4.95. The Balaban J connectivity index is 2.45. The van der Waals surface area contributed by atoms with Crippen molar-refractivity contribution in [3.8, 4) is 0 Å². The molecule has 6 nitrogen and oxygen atoms in total. The van der Waals surface area contributed by atoms with Crippen molar-refractivity contribution in [3.63, 3.8) is 0 Å². The van der Waals surface area contributed by atoms with Crippen LogP contribution in [0, 0.1) is 0 Å². The molecule has 0 aliphatic carbocycles. The van der Waals surface area contributed by atoms with E-state index in [0.717, 1.165) is 0 Å². The summed E-state index contributed by atoms with van der Waals surface area (Å²) in [5, 5.41) is 2.57. The van der Waals surface area contributed by atoms with E-state index in [9.17, 15) is 9.59 Å². The number of ether oxygens (including phenoxy) is 2. The number of carbonyl (C=O) groups is 2. The lowest BCUT2D eigenvalue weighted by Gasteiger charge is -2.40. The van der Waals surface area contributed by atoms with Gasteiger partial charge in [0, 0.05) is 13.7 Å². The van der Waals surface area contributed by atoms with E-state index in [1.54, 1.807) is 20.8 Å². The highest BCUT2D eigenvalue weighted by atomic mass is 16.6. The quantitative estimate of drug-likeness (QED) is 0.743. The molecule has 1 N–H and O–H groups in total. The number of amides is 2. The number of nitrogens with zero attached hydrogens (tertiary/aromatic N) is 1. The van der Waals surface area contributed by atoms with Crippen LogP contribution in [-0.2, 0) is 14.3 Å². The molecule has 1 aliphatic rings. The third-order valence-corrected chi connectivity index (χ3v) is 2.34. The summed E-state index contributed by atoms with van der Waals surface area (Å²) in [6.07, 6.45) is 0.218. The first-order valence-electron chi connectivity index (χ1n) is 5.61. The third-order valence-electron chi connectivity index (χ3n) is 2.34. The fourth-order valence-electron chi connectivity index (χ4n) is 1.46. The Bertz CT molecular complexity index is 298. The van der Waals surface area contributed by atoms with Crippen LogP contribution in [-0.4, -0.2) is 48.9 Å². The van der Waals surface area contributed by atoms with E-state index in [2.05, 4.69) is 5.32 Å². The summed E-state index contributed by atoms with van der Waals surface area (Å²) in [5.74, 6) is -0.205. The van der Waals surface area contributed by atoms with Gasteiger partial charge in [0.2, 0.25) is 5.91 Å². The molecule has 0 aromatic carbocycles. The molecule has 6 heteroatoms. The van der Waals surface area contributed by atoms with Crippen molar-refractivity contribution in [1.29, 1.82) is 0 Å². The number of carbonyl (C=O) groups excluding carboxylic acids is 2. The average Bonchev–Trinajstić information content (AvgIpc) is 2.09. The molecular formula is C11H20N2O4. The topological polar surface area (TPSA) is 67.9 Å². The van der Waals surface area contributed by atoms with Gasteiger partial charge in [-0.2, -0.15) is 0 Å². The normalized spacial score (nSPS) is 19.5. The Morgan fingerprint density at radius 2 is 2.06 bits per heavy atom. The molecule has 0 saturated carbocycles.